The van der Waals surface area contributed by atoms with E-state index < -0.39 is 0 Å². The van der Waals surface area contributed by atoms with Gasteiger partial charge < -0.3 is 4.90 Å². The average molecular weight is 388 g/mol. The first kappa shape index (κ1) is 16.2. The molecule has 0 aliphatic carbocycles. The van der Waals surface area contributed by atoms with E-state index in [1.54, 1.807) is 11.2 Å². The van der Waals surface area contributed by atoms with Crippen molar-refractivity contribution < 1.29 is 0 Å². The van der Waals surface area contributed by atoms with Gasteiger partial charge in [-0.15, -0.1) is 0 Å². The van der Waals surface area contributed by atoms with Gasteiger partial charge in [-0.1, -0.05) is 51.3 Å². The van der Waals surface area contributed by atoms with E-state index in [4.69, 9.17) is 23.2 Å². The molecule has 7 heteroatoms. The normalized spacial score (nSPS) is 11.1. The van der Waals surface area contributed by atoms with Gasteiger partial charge in [-0.2, -0.15) is 9.97 Å². The number of hydrogen-bond donors (Lipinski definition) is 0. The van der Waals surface area contributed by atoms with Crippen LogP contribution in [0.2, 0.25) is 10.3 Å². The Balaban J connectivity index is 2.26. The highest BCUT2D eigenvalue weighted by Gasteiger charge is 2.12. The third-order valence-corrected chi connectivity index (χ3v) is 3.75. The molecule has 0 N–H and O–H groups in total. The molecule has 1 aromatic carbocycles. The topological polar surface area (TPSA) is 41.4 Å². The SMILES string of the molecule is CN(C)C=Nc1nc(Cl)c(Cc2ccc(Br)cc2)c(Cl)n1. The maximum Gasteiger partial charge on any atom is 0.253 e. The summed E-state index contributed by atoms with van der Waals surface area (Å²) in [7, 11) is 3.71. The number of hydrogen-bond acceptors (Lipinski definition) is 3. The van der Waals surface area contributed by atoms with E-state index in [1.807, 2.05) is 38.4 Å². The van der Waals surface area contributed by atoms with Crippen molar-refractivity contribution in [1.29, 1.82) is 0 Å². The van der Waals surface area contributed by atoms with E-state index >= 15 is 0 Å². The standard InChI is InChI=1S/C14H13BrCl2N4/c1-21(2)8-18-14-19-12(16)11(13(17)20-14)7-9-3-5-10(15)6-4-9/h3-6,8H,7H2,1-2H3. The minimum Gasteiger partial charge on any atom is -0.369 e. The van der Waals surface area contributed by atoms with Gasteiger partial charge in [0.1, 0.15) is 10.3 Å². The summed E-state index contributed by atoms with van der Waals surface area (Å²) in [5.41, 5.74) is 1.78. The molecule has 110 valence electrons. The monoisotopic (exact) mass is 386 g/mol. The van der Waals surface area contributed by atoms with Crippen molar-refractivity contribution in [2.24, 2.45) is 4.99 Å². The largest absolute Gasteiger partial charge is 0.369 e. The Hall–Kier alpha value is -1.17. The quantitative estimate of drug-likeness (QED) is 0.444. The molecule has 0 aliphatic heterocycles. The van der Waals surface area contributed by atoms with Gasteiger partial charge in [0, 0.05) is 30.6 Å². The fraction of sp³-hybridized carbons (Fsp3) is 0.214. The molecule has 2 aromatic rings. The van der Waals surface area contributed by atoms with Gasteiger partial charge in [-0.3, -0.25) is 0 Å². The molecule has 2 rings (SSSR count). The van der Waals surface area contributed by atoms with E-state index in [0.29, 0.717) is 22.3 Å². The van der Waals surface area contributed by atoms with Crippen LogP contribution in [0.1, 0.15) is 11.1 Å². The number of aliphatic imine (C=N–C) groups is 1. The smallest absolute Gasteiger partial charge is 0.253 e. The van der Waals surface area contributed by atoms with Gasteiger partial charge in [0.05, 0.1) is 6.34 Å². The zero-order valence-corrected chi connectivity index (χ0v) is 14.6. The molecular formula is C14H13BrCl2N4. The molecule has 0 saturated heterocycles. The first-order valence-corrected chi connectivity index (χ1v) is 7.67. The summed E-state index contributed by atoms with van der Waals surface area (Å²) in [6.45, 7) is 0. The zero-order valence-electron chi connectivity index (χ0n) is 11.5. The molecule has 0 saturated carbocycles. The lowest BCUT2D eigenvalue weighted by atomic mass is 10.1. The highest BCUT2D eigenvalue weighted by molar-refractivity contribution is 9.10. The molecule has 0 aliphatic rings. The predicted octanol–water partition coefficient (Wildman–Crippen LogP) is 4.36. The van der Waals surface area contributed by atoms with Crippen molar-refractivity contribution in [3.05, 3.63) is 50.2 Å². The number of halogens is 3. The van der Waals surface area contributed by atoms with E-state index in [2.05, 4.69) is 30.9 Å². The Kier molecular flexibility index (Phi) is 5.56. The van der Waals surface area contributed by atoms with Gasteiger partial charge in [0.2, 0.25) is 0 Å². The zero-order chi connectivity index (χ0) is 15.4. The molecule has 0 fully saturated rings. The van der Waals surface area contributed by atoms with Gasteiger partial charge >= 0.3 is 0 Å². The van der Waals surface area contributed by atoms with Crippen molar-refractivity contribution in [3.8, 4) is 0 Å². The molecule has 21 heavy (non-hydrogen) atoms. The number of nitrogens with zero attached hydrogens (tertiary/aromatic N) is 4. The van der Waals surface area contributed by atoms with Crippen LogP contribution in [0.15, 0.2) is 33.7 Å². The predicted molar refractivity (Wildman–Crippen MR) is 90.8 cm³/mol. The molecule has 1 aromatic heterocycles. The fourth-order valence-corrected chi connectivity index (χ4v) is 2.37. The summed E-state index contributed by atoms with van der Waals surface area (Å²) in [6.07, 6.45) is 2.17. The van der Waals surface area contributed by atoms with Crippen LogP contribution in [0.5, 0.6) is 0 Å². The Morgan fingerprint density at radius 3 is 2.24 bits per heavy atom. The van der Waals surface area contributed by atoms with Crippen LogP contribution >= 0.6 is 39.1 Å². The molecule has 0 atom stereocenters. The fourth-order valence-electron chi connectivity index (χ4n) is 1.60. The van der Waals surface area contributed by atoms with Crippen molar-refractivity contribution in [2.45, 2.75) is 6.42 Å². The van der Waals surface area contributed by atoms with Crippen LogP contribution in [-0.2, 0) is 6.42 Å². The van der Waals surface area contributed by atoms with Crippen LogP contribution in [0, 0.1) is 0 Å². The summed E-state index contributed by atoms with van der Waals surface area (Å²) in [4.78, 5) is 14.2. The van der Waals surface area contributed by atoms with Crippen LogP contribution in [-0.4, -0.2) is 35.3 Å². The second kappa shape index (κ2) is 7.20. The second-order valence-electron chi connectivity index (χ2n) is 4.60. The van der Waals surface area contributed by atoms with Crippen molar-refractivity contribution >= 4 is 51.4 Å². The Morgan fingerprint density at radius 1 is 1.14 bits per heavy atom. The molecule has 0 unspecified atom stereocenters. The molecule has 0 radical (unpaired) electrons. The Morgan fingerprint density at radius 2 is 1.71 bits per heavy atom. The third kappa shape index (κ3) is 4.66. The molecular weight excluding hydrogens is 375 g/mol. The maximum absolute atomic E-state index is 6.20. The van der Waals surface area contributed by atoms with Gasteiger partial charge in [0.25, 0.3) is 5.95 Å². The van der Waals surface area contributed by atoms with Crippen molar-refractivity contribution in [3.63, 3.8) is 0 Å². The molecule has 0 spiro atoms. The first-order valence-electron chi connectivity index (χ1n) is 6.12. The number of benzene rings is 1. The van der Waals surface area contributed by atoms with E-state index in [-0.39, 0.29) is 5.95 Å². The summed E-state index contributed by atoms with van der Waals surface area (Å²) < 4.78 is 1.02. The molecule has 0 bridgehead atoms. The van der Waals surface area contributed by atoms with Gasteiger partial charge in [-0.05, 0) is 17.7 Å². The van der Waals surface area contributed by atoms with E-state index in [1.165, 1.54) is 0 Å². The van der Waals surface area contributed by atoms with Crippen LogP contribution in [0.25, 0.3) is 0 Å². The van der Waals surface area contributed by atoms with E-state index in [9.17, 15) is 0 Å². The third-order valence-electron chi connectivity index (χ3n) is 2.59. The lowest BCUT2D eigenvalue weighted by Gasteiger charge is -2.07. The van der Waals surface area contributed by atoms with Crippen LogP contribution < -0.4 is 0 Å². The summed E-state index contributed by atoms with van der Waals surface area (Å²) in [6, 6.07) is 7.92. The average Bonchev–Trinajstić information content (AvgIpc) is 2.42. The van der Waals surface area contributed by atoms with Crippen LogP contribution in [0.3, 0.4) is 0 Å². The van der Waals surface area contributed by atoms with Gasteiger partial charge in [-0.25, -0.2) is 4.99 Å². The molecule has 1 heterocycles. The minimum absolute atomic E-state index is 0.248. The van der Waals surface area contributed by atoms with Crippen molar-refractivity contribution in [2.75, 3.05) is 14.1 Å². The Labute approximate surface area is 142 Å². The molecule has 4 nitrogen and oxygen atoms in total. The number of aromatic nitrogens is 2. The maximum atomic E-state index is 6.20. The lowest BCUT2D eigenvalue weighted by molar-refractivity contribution is 0.642. The molecule has 0 amide bonds. The second-order valence-corrected chi connectivity index (χ2v) is 6.23. The van der Waals surface area contributed by atoms with Crippen LogP contribution in [0.4, 0.5) is 5.95 Å². The van der Waals surface area contributed by atoms with E-state index in [0.717, 1.165) is 10.0 Å². The first-order chi connectivity index (χ1) is 9.95. The number of rotatable bonds is 4. The minimum atomic E-state index is 0.248. The summed E-state index contributed by atoms with van der Waals surface area (Å²) >= 11 is 15.8. The highest BCUT2D eigenvalue weighted by atomic mass is 79.9. The van der Waals surface area contributed by atoms with Gasteiger partial charge in [0.15, 0.2) is 0 Å². The lowest BCUT2D eigenvalue weighted by Crippen LogP contribution is -2.07. The Bertz CT molecular complexity index is 634. The summed E-state index contributed by atoms with van der Waals surface area (Å²) in [5, 5.41) is 0.646. The van der Waals surface area contributed by atoms with Crippen molar-refractivity contribution in [1.82, 2.24) is 14.9 Å². The summed E-state index contributed by atoms with van der Waals surface area (Å²) in [5.74, 6) is 0.248. The highest BCUT2D eigenvalue weighted by Crippen LogP contribution is 2.26.